The standard InChI is InChI=1S/C14H12ClN3O3/c1-19-12-11(15)13(20-2)18-14(17-12)21-10-6-4-3-5-9(10)7-8-16/h3-6H,7H2,1-2H3. The Morgan fingerprint density at radius 2 is 1.76 bits per heavy atom. The first-order valence-electron chi connectivity index (χ1n) is 5.97. The van der Waals surface area contributed by atoms with Crippen molar-refractivity contribution >= 4 is 11.6 Å². The van der Waals surface area contributed by atoms with E-state index in [1.54, 1.807) is 18.2 Å². The zero-order valence-electron chi connectivity index (χ0n) is 11.5. The fraction of sp³-hybridized carbons (Fsp3) is 0.214. The molecule has 1 aromatic carbocycles. The molecule has 0 radical (unpaired) electrons. The normalized spacial score (nSPS) is 9.81. The quantitative estimate of drug-likeness (QED) is 0.845. The molecule has 0 saturated heterocycles. The van der Waals surface area contributed by atoms with Crippen LogP contribution in [-0.2, 0) is 6.42 Å². The first-order valence-corrected chi connectivity index (χ1v) is 6.35. The van der Waals surface area contributed by atoms with Crippen LogP contribution in [0.2, 0.25) is 5.02 Å². The van der Waals surface area contributed by atoms with Gasteiger partial charge in [-0.1, -0.05) is 29.8 Å². The van der Waals surface area contributed by atoms with Gasteiger partial charge in [-0.3, -0.25) is 0 Å². The van der Waals surface area contributed by atoms with Crippen molar-refractivity contribution in [2.24, 2.45) is 0 Å². The van der Waals surface area contributed by atoms with Crippen LogP contribution in [0.3, 0.4) is 0 Å². The van der Waals surface area contributed by atoms with Crippen molar-refractivity contribution in [2.75, 3.05) is 14.2 Å². The van der Waals surface area contributed by atoms with Crippen LogP contribution >= 0.6 is 11.6 Å². The number of nitriles is 1. The third-order valence-corrected chi connectivity index (χ3v) is 2.92. The van der Waals surface area contributed by atoms with Gasteiger partial charge in [0.15, 0.2) is 5.02 Å². The van der Waals surface area contributed by atoms with Gasteiger partial charge in [0.25, 0.3) is 0 Å². The second-order valence-corrected chi connectivity index (χ2v) is 4.26. The van der Waals surface area contributed by atoms with Gasteiger partial charge < -0.3 is 14.2 Å². The van der Waals surface area contributed by atoms with Gasteiger partial charge in [-0.05, 0) is 6.07 Å². The van der Waals surface area contributed by atoms with E-state index in [-0.39, 0.29) is 29.2 Å². The topological polar surface area (TPSA) is 77.3 Å². The Balaban J connectivity index is 2.38. The molecule has 0 spiro atoms. The third-order valence-electron chi connectivity index (χ3n) is 2.60. The highest BCUT2D eigenvalue weighted by Gasteiger charge is 2.16. The number of aromatic nitrogens is 2. The highest BCUT2D eigenvalue weighted by Crippen LogP contribution is 2.34. The molecule has 108 valence electrons. The van der Waals surface area contributed by atoms with E-state index in [4.69, 9.17) is 31.1 Å². The maximum atomic E-state index is 8.82. The Kier molecular flexibility index (Phi) is 4.80. The molecule has 2 rings (SSSR count). The van der Waals surface area contributed by atoms with E-state index < -0.39 is 0 Å². The molecule has 6 nitrogen and oxygen atoms in total. The first kappa shape index (κ1) is 14.9. The summed E-state index contributed by atoms with van der Waals surface area (Å²) in [5.41, 5.74) is 0.733. The molecule has 0 bridgehead atoms. The van der Waals surface area contributed by atoms with Gasteiger partial charge in [-0.15, -0.1) is 0 Å². The fourth-order valence-corrected chi connectivity index (χ4v) is 1.88. The van der Waals surface area contributed by atoms with Gasteiger partial charge in [0.2, 0.25) is 11.8 Å². The molecule has 0 saturated carbocycles. The average Bonchev–Trinajstić information content (AvgIpc) is 2.51. The predicted octanol–water partition coefficient (Wildman–Crippen LogP) is 3.01. The van der Waals surface area contributed by atoms with Crippen molar-refractivity contribution < 1.29 is 14.2 Å². The number of para-hydroxylation sites is 1. The monoisotopic (exact) mass is 305 g/mol. The minimum absolute atomic E-state index is 0.0264. The van der Waals surface area contributed by atoms with Crippen LogP contribution in [0.5, 0.6) is 23.5 Å². The van der Waals surface area contributed by atoms with E-state index in [1.165, 1.54) is 14.2 Å². The summed E-state index contributed by atoms with van der Waals surface area (Å²) >= 11 is 5.99. The van der Waals surface area contributed by atoms with Gasteiger partial charge in [0.05, 0.1) is 26.7 Å². The van der Waals surface area contributed by atoms with Gasteiger partial charge in [-0.2, -0.15) is 15.2 Å². The van der Waals surface area contributed by atoms with Gasteiger partial charge in [0.1, 0.15) is 5.75 Å². The maximum Gasteiger partial charge on any atom is 0.328 e. The lowest BCUT2D eigenvalue weighted by Crippen LogP contribution is -2.00. The summed E-state index contributed by atoms with van der Waals surface area (Å²) in [5, 5.41) is 8.98. The zero-order chi connectivity index (χ0) is 15.2. The van der Waals surface area contributed by atoms with Crippen LogP contribution in [-0.4, -0.2) is 24.2 Å². The molecule has 0 N–H and O–H groups in total. The van der Waals surface area contributed by atoms with E-state index in [0.717, 1.165) is 5.56 Å². The minimum Gasteiger partial charge on any atom is -0.480 e. The Morgan fingerprint density at radius 3 is 2.33 bits per heavy atom. The summed E-state index contributed by atoms with van der Waals surface area (Å²) in [5.74, 6) is 0.790. The van der Waals surface area contributed by atoms with E-state index in [2.05, 4.69) is 16.0 Å². The lowest BCUT2D eigenvalue weighted by molar-refractivity contribution is 0.348. The maximum absolute atomic E-state index is 8.82. The first-order chi connectivity index (χ1) is 10.2. The van der Waals surface area contributed by atoms with Crippen molar-refractivity contribution in [1.29, 1.82) is 5.26 Å². The molecular weight excluding hydrogens is 294 g/mol. The van der Waals surface area contributed by atoms with Crippen molar-refractivity contribution in [3.05, 3.63) is 34.9 Å². The van der Waals surface area contributed by atoms with Crippen molar-refractivity contribution in [3.63, 3.8) is 0 Å². The molecular formula is C14H12ClN3O3. The number of ether oxygens (including phenoxy) is 3. The summed E-state index contributed by atoms with van der Waals surface area (Å²) in [7, 11) is 2.86. The molecule has 7 heteroatoms. The molecule has 0 aliphatic heterocycles. The lowest BCUT2D eigenvalue weighted by Gasteiger charge is -2.11. The van der Waals surface area contributed by atoms with E-state index >= 15 is 0 Å². The fourth-order valence-electron chi connectivity index (χ4n) is 1.64. The molecule has 0 atom stereocenters. The van der Waals surface area contributed by atoms with Crippen molar-refractivity contribution in [1.82, 2.24) is 9.97 Å². The lowest BCUT2D eigenvalue weighted by atomic mass is 10.1. The van der Waals surface area contributed by atoms with Crippen molar-refractivity contribution in [2.45, 2.75) is 6.42 Å². The number of hydrogen-bond donors (Lipinski definition) is 0. The molecule has 0 aliphatic carbocycles. The minimum atomic E-state index is 0.0264. The van der Waals surface area contributed by atoms with Crippen LogP contribution in [0.25, 0.3) is 0 Å². The van der Waals surface area contributed by atoms with Gasteiger partial charge >= 0.3 is 6.01 Å². The second-order valence-electron chi connectivity index (χ2n) is 3.88. The van der Waals surface area contributed by atoms with E-state index in [0.29, 0.717) is 5.75 Å². The number of hydrogen-bond acceptors (Lipinski definition) is 6. The van der Waals surface area contributed by atoms with Crippen LogP contribution < -0.4 is 14.2 Å². The Labute approximate surface area is 126 Å². The number of halogens is 1. The summed E-state index contributed by atoms with van der Waals surface area (Å²) in [4.78, 5) is 8.09. The molecule has 0 unspecified atom stereocenters. The zero-order valence-corrected chi connectivity index (χ0v) is 12.2. The summed E-state index contributed by atoms with van der Waals surface area (Å²) in [6.45, 7) is 0. The molecule has 1 heterocycles. The van der Waals surface area contributed by atoms with Crippen LogP contribution in [0.1, 0.15) is 5.56 Å². The summed E-state index contributed by atoms with van der Waals surface area (Å²) in [6, 6.07) is 9.23. The Hall–Kier alpha value is -2.52. The molecule has 2 aromatic rings. The third kappa shape index (κ3) is 3.33. The molecule has 0 fully saturated rings. The van der Waals surface area contributed by atoms with Crippen LogP contribution in [0.15, 0.2) is 24.3 Å². The van der Waals surface area contributed by atoms with E-state index in [9.17, 15) is 0 Å². The number of rotatable bonds is 5. The predicted molar refractivity (Wildman–Crippen MR) is 76.0 cm³/mol. The highest BCUT2D eigenvalue weighted by atomic mass is 35.5. The summed E-state index contributed by atoms with van der Waals surface area (Å²) in [6.07, 6.45) is 0.220. The number of methoxy groups -OCH3 is 2. The molecule has 0 amide bonds. The highest BCUT2D eigenvalue weighted by molar-refractivity contribution is 6.33. The average molecular weight is 306 g/mol. The number of benzene rings is 1. The SMILES string of the molecule is COc1nc(Oc2ccccc2CC#N)nc(OC)c1Cl. The Morgan fingerprint density at radius 1 is 1.14 bits per heavy atom. The second kappa shape index (κ2) is 6.77. The summed E-state index contributed by atoms with van der Waals surface area (Å²) < 4.78 is 15.7. The molecule has 1 aromatic heterocycles. The largest absolute Gasteiger partial charge is 0.480 e. The van der Waals surface area contributed by atoms with Crippen molar-refractivity contribution in [3.8, 4) is 29.6 Å². The van der Waals surface area contributed by atoms with Gasteiger partial charge in [-0.25, -0.2) is 0 Å². The van der Waals surface area contributed by atoms with E-state index in [1.807, 2.05) is 6.07 Å². The smallest absolute Gasteiger partial charge is 0.328 e. The van der Waals surface area contributed by atoms with Crippen LogP contribution in [0, 0.1) is 11.3 Å². The van der Waals surface area contributed by atoms with Gasteiger partial charge in [0, 0.05) is 5.56 Å². The van der Waals surface area contributed by atoms with Crippen LogP contribution in [0.4, 0.5) is 0 Å². The molecule has 0 aliphatic rings. The molecule has 21 heavy (non-hydrogen) atoms. The number of nitrogens with zero attached hydrogens (tertiary/aromatic N) is 3. The Bertz CT molecular complexity index is 660.